The Balaban J connectivity index is 1.26. The van der Waals surface area contributed by atoms with E-state index in [4.69, 9.17) is 25.8 Å². The van der Waals surface area contributed by atoms with Crippen LogP contribution in [-0.4, -0.2) is 56.3 Å². The minimum atomic E-state index is -0.120. The molecular weight excluding hydrogens is 544 g/mol. The molecule has 0 aromatic heterocycles. The molecule has 6 nitrogen and oxygen atoms in total. The first-order chi connectivity index (χ1) is 19.5. The van der Waals surface area contributed by atoms with Gasteiger partial charge in [-0.05, 0) is 111 Å². The van der Waals surface area contributed by atoms with Crippen LogP contribution in [0, 0.1) is 11.8 Å². The van der Waals surface area contributed by atoms with Crippen molar-refractivity contribution in [1.29, 1.82) is 0 Å². The molecule has 3 aliphatic heterocycles. The Morgan fingerprint density at radius 3 is 2.92 bits per heavy atom. The van der Waals surface area contributed by atoms with Gasteiger partial charge in [-0.1, -0.05) is 17.7 Å². The normalized spacial score (nSPS) is 34.0. The molecule has 2 aromatic carbocycles. The molecule has 1 saturated carbocycles. The summed E-state index contributed by atoms with van der Waals surface area (Å²) in [7, 11) is 0. The highest BCUT2D eigenvalue weighted by molar-refractivity contribution is 7.98. The van der Waals surface area contributed by atoms with Crippen LogP contribution in [-0.2, 0) is 21.3 Å². The van der Waals surface area contributed by atoms with E-state index in [1.807, 2.05) is 24.3 Å². The van der Waals surface area contributed by atoms with Crippen LogP contribution in [0.25, 0.3) is 0 Å². The van der Waals surface area contributed by atoms with Gasteiger partial charge >= 0.3 is 0 Å². The fourth-order valence-corrected chi connectivity index (χ4v) is 8.38. The van der Waals surface area contributed by atoms with Crippen molar-refractivity contribution in [1.82, 2.24) is 4.72 Å². The lowest BCUT2D eigenvalue weighted by Gasteiger charge is -2.48. The summed E-state index contributed by atoms with van der Waals surface area (Å²) in [5.74, 6) is 1.88. The number of benzene rings is 2. The number of rotatable bonds is 0. The molecule has 0 unspecified atom stereocenters. The standard InChI is InChI=1S/C32H39ClN2O4S/c1-20-17-38-25-10-12-37-30(15-25)26-7-4-23(26)16-35-18-32(11-2-3-21-13-24(33)6-8-27(21)32)19-39-29-9-5-22(14-28(29)35)31(36)34-40-20/h5-6,8-9,13-14,20,23,25-26,30H,2-4,7,10-12,15-19H2,1H3,(H,34,36)/t20-,23-,25+,26+,30-,32-/m0/s1. The van der Waals surface area contributed by atoms with Crippen LogP contribution in [0.1, 0.15) is 66.9 Å². The second-order valence-corrected chi connectivity index (χ2v) is 14.2. The van der Waals surface area contributed by atoms with Gasteiger partial charge in [0.15, 0.2) is 0 Å². The van der Waals surface area contributed by atoms with E-state index in [1.54, 1.807) is 0 Å². The van der Waals surface area contributed by atoms with Crippen molar-refractivity contribution >= 4 is 35.1 Å². The number of aryl methyl sites for hydroxylation is 1. The van der Waals surface area contributed by atoms with Gasteiger partial charge in [-0.2, -0.15) is 0 Å². The Kier molecular flexibility index (Phi) is 7.44. The smallest absolute Gasteiger partial charge is 0.261 e. The van der Waals surface area contributed by atoms with E-state index in [0.717, 1.165) is 68.3 Å². The zero-order chi connectivity index (χ0) is 27.3. The number of hydrogen-bond donors (Lipinski definition) is 1. The molecule has 40 heavy (non-hydrogen) atoms. The molecule has 4 bridgehead atoms. The molecule has 3 heterocycles. The lowest BCUT2D eigenvalue weighted by atomic mass is 9.67. The zero-order valence-electron chi connectivity index (χ0n) is 23.2. The van der Waals surface area contributed by atoms with Crippen molar-refractivity contribution in [3.63, 3.8) is 0 Å². The molecule has 214 valence electrons. The lowest BCUT2D eigenvalue weighted by Crippen LogP contribution is -2.51. The summed E-state index contributed by atoms with van der Waals surface area (Å²) in [6.07, 6.45) is 8.06. The van der Waals surface area contributed by atoms with Crippen molar-refractivity contribution < 1.29 is 19.0 Å². The number of hydrogen-bond acceptors (Lipinski definition) is 6. The second-order valence-electron chi connectivity index (χ2n) is 12.5. The van der Waals surface area contributed by atoms with E-state index in [-0.39, 0.29) is 28.8 Å². The number of carbonyl (C=O) groups is 1. The molecule has 1 N–H and O–H groups in total. The third kappa shape index (κ3) is 5.12. The number of carbonyl (C=O) groups excluding carboxylic acids is 1. The third-order valence-corrected chi connectivity index (χ3v) is 11.0. The number of anilines is 1. The van der Waals surface area contributed by atoms with Crippen LogP contribution >= 0.6 is 23.5 Å². The van der Waals surface area contributed by atoms with Gasteiger partial charge in [-0.25, -0.2) is 0 Å². The van der Waals surface area contributed by atoms with Crippen LogP contribution < -0.4 is 14.4 Å². The summed E-state index contributed by atoms with van der Waals surface area (Å²) in [5.41, 5.74) is 4.29. The predicted octanol–water partition coefficient (Wildman–Crippen LogP) is 6.18. The first-order valence-corrected chi connectivity index (χ1v) is 16.2. The summed E-state index contributed by atoms with van der Waals surface area (Å²) in [5, 5.41) is 0.962. The monoisotopic (exact) mass is 582 g/mol. The summed E-state index contributed by atoms with van der Waals surface area (Å²) in [6, 6.07) is 12.3. The molecule has 5 aliphatic rings. The van der Waals surface area contributed by atoms with Crippen molar-refractivity contribution in [2.75, 3.05) is 37.8 Å². The molecule has 8 heteroatoms. The van der Waals surface area contributed by atoms with Gasteiger partial charge in [0.25, 0.3) is 5.91 Å². The first-order valence-electron chi connectivity index (χ1n) is 15.0. The van der Waals surface area contributed by atoms with Crippen molar-refractivity contribution in [2.45, 2.75) is 74.7 Å². The second kappa shape index (κ2) is 11.0. The first kappa shape index (κ1) is 26.9. The van der Waals surface area contributed by atoms with Crippen LogP contribution in [0.5, 0.6) is 5.75 Å². The number of fused-ring (bicyclic) bond motifs is 7. The predicted molar refractivity (Wildman–Crippen MR) is 160 cm³/mol. The summed E-state index contributed by atoms with van der Waals surface area (Å²) >= 11 is 7.87. The summed E-state index contributed by atoms with van der Waals surface area (Å²) < 4.78 is 22.4. The van der Waals surface area contributed by atoms with E-state index in [9.17, 15) is 4.79 Å². The molecule has 2 fully saturated rings. The highest BCUT2D eigenvalue weighted by Gasteiger charge is 2.45. The van der Waals surface area contributed by atoms with Gasteiger partial charge in [0, 0.05) is 47.4 Å². The Morgan fingerprint density at radius 2 is 2.05 bits per heavy atom. The maximum absolute atomic E-state index is 13.3. The van der Waals surface area contributed by atoms with Gasteiger partial charge in [0.05, 0.1) is 31.1 Å². The van der Waals surface area contributed by atoms with Crippen molar-refractivity contribution in [3.8, 4) is 5.75 Å². The van der Waals surface area contributed by atoms with E-state index >= 15 is 0 Å². The molecule has 2 aliphatic carbocycles. The average Bonchev–Trinajstić information content (AvgIpc) is 3.09. The lowest BCUT2D eigenvalue weighted by molar-refractivity contribution is -0.116. The van der Waals surface area contributed by atoms with Crippen LogP contribution in [0.3, 0.4) is 0 Å². The maximum atomic E-state index is 13.3. The molecule has 1 amide bonds. The molecule has 0 radical (unpaired) electrons. The summed E-state index contributed by atoms with van der Waals surface area (Å²) in [4.78, 5) is 15.8. The Morgan fingerprint density at radius 1 is 1.12 bits per heavy atom. The van der Waals surface area contributed by atoms with Crippen LogP contribution in [0.4, 0.5) is 5.69 Å². The van der Waals surface area contributed by atoms with Crippen molar-refractivity contribution in [3.05, 3.63) is 58.1 Å². The van der Waals surface area contributed by atoms with Gasteiger partial charge in [-0.3, -0.25) is 9.52 Å². The molecule has 6 atom stereocenters. The molecule has 1 spiro atoms. The van der Waals surface area contributed by atoms with E-state index in [2.05, 4.69) is 28.7 Å². The number of nitrogens with one attached hydrogen (secondary N) is 1. The highest BCUT2D eigenvalue weighted by atomic mass is 35.5. The minimum Gasteiger partial charge on any atom is -0.490 e. The van der Waals surface area contributed by atoms with E-state index < -0.39 is 0 Å². The van der Waals surface area contributed by atoms with E-state index in [1.165, 1.54) is 35.9 Å². The number of amides is 1. The largest absolute Gasteiger partial charge is 0.490 e. The maximum Gasteiger partial charge on any atom is 0.261 e. The van der Waals surface area contributed by atoms with Gasteiger partial charge < -0.3 is 19.1 Å². The highest BCUT2D eigenvalue weighted by Crippen LogP contribution is 2.47. The number of nitrogens with zero attached hydrogens (tertiary/aromatic N) is 1. The zero-order valence-corrected chi connectivity index (χ0v) is 24.8. The molecule has 1 saturated heterocycles. The Bertz CT molecular complexity index is 1280. The van der Waals surface area contributed by atoms with Gasteiger partial charge in [-0.15, -0.1) is 0 Å². The van der Waals surface area contributed by atoms with Crippen LogP contribution in [0.2, 0.25) is 5.02 Å². The topological polar surface area (TPSA) is 60.0 Å². The minimum absolute atomic E-state index is 0.0732. The van der Waals surface area contributed by atoms with Gasteiger partial charge in [0.1, 0.15) is 5.75 Å². The third-order valence-electron chi connectivity index (χ3n) is 9.89. The molecule has 2 aromatic rings. The average molecular weight is 583 g/mol. The fraction of sp³-hybridized carbons (Fsp3) is 0.594. The van der Waals surface area contributed by atoms with Crippen molar-refractivity contribution in [2.24, 2.45) is 11.8 Å². The summed E-state index contributed by atoms with van der Waals surface area (Å²) in [6.45, 7) is 5.93. The quantitative estimate of drug-likeness (QED) is 0.374. The number of halogens is 1. The van der Waals surface area contributed by atoms with Gasteiger partial charge in [0.2, 0.25) is 0 Å². The Hall–Kier alpha value is -1.93. The SMILES string of the molecule is C[C@H]1CO[C@@H]2CCO[C@@H](C2)[C@@H]2CC[C@H]2CN2C[C@@]3(CCCc4cc(Cl)ccc43)COc3ccc(cc32)C(=O)NS1. The number of ether oxygens (including phenoxy) is 3. The Labute approximate surface area is 246 Å². The van der Waals surface area contributed by atoms with Crippen LogP contribution in [0.15, 0.2) is 36.4 Å². The molecule has 7 rings (SSSR count). The fourth-order valence-electron chi connectivity index (χ4n) is 7.61. The van der Waals surface area contributed by atoms with E-state index in [0.29, 0.717) is 30.6 Å². The molecular formula is C32H39ClN2O4S.